The van der Waals surface area contributed by atoms with Crippen molar-refractivity contribution in [2.75, 3.05) is 5.75 Å². The molecule has 0 saturated heterocycles. The molecule has 1 aromatic heterocycles. The third-order valence-electron chi connectivity index (χ3n) is 4.04. The van der Waals surface area contributed by atoms with Crippen LogP contribution in [0.15, 0.2) is 66.1 Å². The number of benzene rings is 2. The Bertz CT molecular complexity index is 914. The predicted octanol–water partition coefficient (Wildman–Crippen LogP) is 5.55. The van der Waals surface area contributed by atoms with Crippen molar-refractivity contribution in [3.05, 3.63) is 71.2 Å². The van der Waals surface area contributed by atoms with Crippen molar-refractivity contribution in [3.63, 3.8) is 0 Å². The summed E-state index contributed by atoms with van der Waals surface area (Å²) in [7, 11) is 0. The van der Waals surface area contributed by atoms with Crippen molar-refractivity contribution in [2.45, 2.75) is 25.0 Å². The number of hydrogen-bond donors (Lipinski definition) is 0. The van der Waals surface area contributed by atoms with E-state index in [2.05, 4.69) is 10.1 Å². The number of Topliss-reactive ketones (excluding diaryl/α,β-unsaturated/α-hetero) is 1. The summed E-state index contributed by atoms with van der Waals surface area (Å²) in [6, 6.07) is 14.4. The largest absolute Gasteiger partial charge is 0.461 e. The van der Waals surface area contributed by atoms with Crippen molar-refractivity contribution < 1.29 is 9.53 Å². The van der Waals surface area contributed by atoms with Gasteiger partial charge >= 0.3 is 0 Å². The third-order valence-corrected chi connectivity index (χ3v) is 6.02. The zero-order chi connectivity index (χ0) is 20.1. The van der Waals surface area contributed by atoms with Crippen LogP contribution in [-0.4, -0.2) is 26.3 Å². The number of nitrogens with zero attached hydrogens (tertiary/aromatic N) is 3. The molecule has 1 atom stereocenters. The standard InChI is InChI=1S/C20H19Cl2N3O2S/c1-20(2,11-28-17-9-5-15(22)6-10-17)18(26)19(25-13-23-12-24-25)27-16-7-3-14(21)4-8-16/h3-10,12-13,19H,11H2,1-2H3. The Morgan fingerprint density at radius 1 is 1.11 bits per heavy atom. The minimum absolute atomic E-state index is 0.102. The van der Waals surface area contributed by atoms with E-state index in [0.29, 0.717) is 21.5 Å². The van der Waals surface area contributed by atoms with E-state index in [1.54, 1.807) is 36.0 Å². The first kappa shape index (κ1) is 20.7. The summed E-state index contributed by atoms with van der Waals surface area (Å²) >= 11 is 13.5. The zero-order valence-corrected chi connectivity index (χ0v) is 17.7. The van der Waals surface area contributed by atoms with Gasteiger partial charge in [-0.2, -0.15) is 5.10 Å². The van der Waals surface area contributed by atoms with E-state index in [0.717, 1.165) is 4.90 Å². The van der Waals surface area contributed by atoms with Crippen LogP contribution in [0, 0.1) is 5.41 Å². The van der Waals surface area contributed by atoms with Crippen LogP contribution < -0.4 is 4.74 Å². The maximum atomic E-state index is 13.3. The maximum Gasteiger partial charge on any atom is 0.252 e. The Hall–Kier alpha value is -2.02. The van der Waals surface area contributed by atoms with Gasteiger partial charge in [0, 0.05) is 26.1 Å². The number of halogens is 2. The lowest BCUT2D eigenvalue weighted by Gasteiger charge is -2.28. The van der Waals surface area contributed by atoms with Gasteiger partial charge in [0.25, 0.3) is 6.23 Å². The topological polar surface area (TPSA) is 57.0 Å². The van der Waals surface area contributed by atoms with E-state index in [-0.39, 0.29) is 5.78 Å². The monoisotopic (exact) mass is 435 g/mol. The molecule has 0 radical (unpaired) electrons. The van der Waals surface area contributed by atoms with Gasteiger partial charge in [-0.05, 0) is 48.5 Å². The van der Waals surface area contributed by atoms with Crippen LogP contribution in [0.1, 0.15) is 20.1 Å². The molecule has 8 heteroatoms. The summed E-state index contributed by atoms with van der Waals surface area (Å²) in [6.45, 7) is 3.79. The normalized spacial score (nSPS) is 12.6. The number of carbonyl (C=O) groups is 1. The van der Waals surface area contributed by atoms with Crippen LogP contribution in [0.5, 0.6) is 5.75 Å². The Balaban J connectivity index is 1.77. The van der Waals surface area contributed by atoms with E-state index in [9.17, 15) is 4.79 Å². The van der Waals surface area contributed by atoms with E-state index in [4.69, 9.17) is 27.9 Å². The molecule has 1 heterocycles. The summed E-state index contributed by atoms with van der Waals surface area (Å²) in [5.74, 6) is 0.997. The average molecular weight is 436 g/mol. The maximum absolute atomic E-state index is 13.3. The van der Waals surface area contributed by atoms with Crippen LogP contribution in [-0.2, 0) is 4.79 Å². The SMILES string of the molecule is CC(C)(CSc1ccc(Cl)cc1)C(=O)C(Oc1ccc(Cl)cc1)n1cncn1. The van der Waals surface area contributed by atoms with Gasteiger partial charge in [-0.15, -0.1) is 11.8 Å². The van der Waals surface area contributed by atoms with Crippen molar-refractivity contribution in [1.29, 1.82) is 0 Å². The van der Waals surface area contributed by atoms with Crippen molar-refractivity contribution >= 4 is 40.7 Å². The molecular formula is C20H19Cl2N3O2S. The number of rotatable bonds is 8. The Morgan fingerprint density at radius 3 is 2.29 bits per heavy atom. The van der Waals surface area contributed by atoms with Gasteiger partial charge in [-0.1, -0.05) is 37.0 Å². The zero-order valence-electron chi connectivity index (χ0n) is 15.4. The highest BCUT2D eigenvalue weighted by Gasteiger charge is 2.37. The number of carbonyl (C=O) groups excluding carboxylic acids is 1. The van der Waals surface area contributed by atoms with E-state index in [1.165, 1.54) is 17.3 Å². The average Bonchev–Trinajstić information content (AvgIpc) is 3.21. The van der Waals surface area contributed by atoms with Crippen molar-refractivity contribution in [3.8, 4) is 5.75 Å². The number of ketones is 1. The Labute approximate surface area is 178 Å². The summed E-state index contributed by atoms with van der Waals surface area (Å²) in [4.78, 5) is 18.3. The number of thioether (sulfide) groups is 1. The minimum Gasteiger partial charge on any atom is -0.461 e. The van der Waals surface area contributed by atoms with Crippen LogP contribution in [0.25, 0.3) is 0 Å². The van der Waals surface area contributed by atoms with Gasteiger partial charge in [0.1, 0.15) is 18.4 Å². The molecule has 146 valence electrons. The first-order valence-electron chi connectivity index (χ1n) is 8.54. The molecule has 3 aromatic rings. The van der Waals surface area contributed by atoms with Gasteiger partial charge in [-0.25, -0.2) is 9.67 Å². The highest BCUT2D eigenvalue weighted by molar-refractivity contribution is 7.99. The van der Waals surface area contributed by atoms with Crippen molar-refractivity contribution in [1.82, 2.24) is 14.8 Å². The predicted molar refractivity (Wildman–Crippen MR) is 112 cm³/mol. The van der Waals surface area contributed by atoms with Crippen LogP contribution >= 0.6 is 35.0 Å². The van der Waals surface area contributed by atoms with Gasteiger partial charge in [0.05, 0.1) is 0 Å². The molecule has 0 aliphatic heterocycles. The number of hydrogen-bond acceptors (Lipinski definition) is 5. The van der Waals surface area contributed by atoms with Gasteiger partial charge in [-0.3, -0.25) is 4.79 Å². The number of ether oxygens (including phenoxy) is 1. The lowest BCUT2D eigenvalue weighted by atomic mass is 9.89. The summed E-state index contributed by atoms with van der Waals surface area (Å²) in [5.41, 5.74) is -0.673. The van der Waals surface area contributed by atoms with Crippen LogP contribution in [0.2, 0.25) is 10.0 Å². The molecule has 0 bridgehead atoms. The molecular weight excluding hydrogens is 417 g/mol. The molecule has 5 nitrogen and oxygen atoms in total. The van der Waals surface area contributed by atoms with Crippen LogP contribution in [0.4, 0.5) is 0 Å². The lowest BCUT2D eigenvalue weighted by Crippen LogP contribution is -2.37. The van der Waals surface area contributed by atoms with Gasteiger partial charge < -0.3 is 4.74 Å². The Morgan fingerprint density at radius 2 is 1.71 bits per heavy atom. The van der Waals surface area contributed by atoms with E-state index < -0.39 is 11.6 Å². The second-order valence-electron chi connectivity index (χ2n) is 6.79. The second kappa shape index (κ2) is 8.99. The molecule has 0 aliphatic carbocycles. The summed E-state index contributed by atoms with van der Waals surface area (Å²) in [5, 5.41) is 5.38. The lowest BCUT2D eigenvalue weighted by molar-refractivity contribution is -0.138. The molecule has 28 heavy (non-hydrogen) atoms. The molecule has 3 rings (SSSR count). The molecule has 0 fully saturated rings. The summed E-state index contributed by atoms with van der Waals surface area (Å²) < 4.78 is 7.38. The third kappa shape index (κ3) is 5.28. The fraction of sp³-hybridized carbons (Fsp3) is 0.250. The molecule has 0 saturated carbocycles. The quantitative estimate of drug-likeness (QED) is 0.434. The molecule has 2 aromatic carbocycles. The van der Waals surface area contributed by atoms with Gasteiger partial charge in [0.2, 0.25) is 5.78 Å². The molecule has 0 amide bonds. The van der Waals surface area contributed by atoms with Gasteiger partial charge in [0.15, 0.2) is 0 Å². The molecule has 0 N–H and O–H groups in total. The highest BCUT2D eigenvalue weighted by Crippen LogP contribution is 2.33. The summed E-state index contributed by atoms with van der Waals surface area (Å²) in [6.07, 6.45) is 1.92. The fourth-order valence-corrected chi connectivity index (χ4v) is 3.66. The van der Waals surface area contributed by atoms with Crippen molar-refractivity contribution in [2.24, 2.45) is 5.41 Å². The number of aromatic nitrogens is 3. The fourth-order valence-electron chi connectivity index (χ4n) is 2.41. The molecule has 0 aliphatic rings. The smallest absolute Gasteiger partial charge is 0.252 e. The second-order valence-corrected chi connectivity index (χ2v) is 8.71. The minimum atomic E-state index is -0.926. The first-order valence-corrected chi connectivity index (χ1v) is 10.3. The van der Waals surface area contributed by atoms with Crippen LogP contribution in [0.3, 0.4) is 0 Å². The van der Waals surface area contributed by atoms with E-state index in [1.807, 2.05) is 38.1 Å². The first-order chi connectivity index (χ1) is 13.3. The van der Waals surface area contributed by atoms with E-state index >= 15 is 0 Å². The molecule has 0 spiro atoms. The highest BCUT2D eigenvalue weighted by atomic mass is 35.5. The molecule has 1 unspecified atom stereocenters. The Kier molecular flexibility index (Phi) is 6.65.